The molecule has 4 heteroatoms. The number of benzene rings is 1. The lowest BCUT2D eigenvalue weighted by Crippen LogP contribution is -2.15. The number of phenols is 1. The van der Waals surface area contributed by atoms with Crippen LogP contribution >= 0.6 is 0 Å². The predicted molar refractivity (Wildman–Crippen MR) is 85.5 cm³/mol. The number of aromatic hydroxyl groups is 1. The summed E-state index contributed by atoms with van der Waals surface area (Å²) in [7, 11) is 1.96. The van der Waals surface area contributed by atoms with Gasteiger partial charge in [0.05, 0.1) is 0 Å². The van der Waals surface area contributed by atoms with Crippen molar-refractivity contribution >= 4 is 0 Å². The van der Waals surface area contributed by atoms with Gasteiger partial charge in [-0.15, -0.1) is 0 Å². The van der Waals surface area contributed by atoms with Gasteiger partial charge in [-0.3, -0.25) is 0 Å². The third-order valence-corrected chi connectivity index (χ3v) is 3.60. The monoisotopic (exact) mass is 285 g/mol. The van der Waals surface area contributed by atoms with E-state index >= 15 is 0 Å². The first kappa shape index (κ1) is 15.4. The van der Waals surface area contributed by atoms with Gasteiger partial charge in [-0.2, -0.15) is 0 Å². The molecule has 0 spiro atoms. The molecule has 2 rings (SSSR count). The molecule has 0 atom stereocenters. The minimum atomic E-state index is 0.260. The second-order valence-corrected chi connectivity index (χ2v) is 5.03. The topological polar surface area (TPSA) is 58.0 Å². The van der Waals surface area contributed by atoms with Gasteiger partial charge in [0.2, 0.25) is 0 Å². The second-order valence-electron chi connectivity index (χ2n) is 5.03. The van der Waals surface area contributed by atoms with Crippen LogP contribution in [0.3, 0.4) is 0 Å². The Morgan fingerprint density at radius 1 is 1.00 bits per heavy atom. The molecule has 0 fully saturated rings. The summed E-state index contributed by atoms with van der Waals surface area (Å²) < 4.78 is 0. The molecule has 0 aliphatic heterocycles. The number of rotatable bonds is 6. The average Bonchev–Trinajstić information content (AvgIpc) is 2.52. The van der Waals surface area contributed by atoms with Crippen LogP contribution in [-0.4, -0.2) is 28.7 Å². The van der Waals surface area contributed by atoms with Crippen LogP contribution in [0.1, 0.15) is 30.8 Å². The van der Waals surface area contributed by atoms with Crippen LogP contribution < -0.4 is 5.32 Å². The van der Waals surface area contributed by atoms with Gasteiger partial charge in [0, 0.05) is 17.0 Å². The van der Waals surface area contributed by atoms with E-state index in [0.29, 0.717) is 0 Å². The highest BCUT2D eigenvalue weighted by Gasteiger charge is 2.13. The fraction of sp³-hybridized carbons (Fsp3) is 0.412. The van der Waals surface area contributed by atoms with Crippen LogP contribution in [0.5, 0.6) is 5.75 Å². The Morgan fingerprint density at radius 2 is 1.57 bits per heavy atom. The van der Waals surface area contributed by atoms with Crippen molar-refractivity contribution < 1.29 is 5.11 Å². The number of hydrogen-bond acceptors (Lipinski definition) is 4. The van der Waals surface area contributed by atoms with Gasteiger partial charge in [0.15, 0.2) is 5.82 Å². The third kappa shape index (κ3) is 3.58. The van der Waals surface area contributed by atoms with Crippen molar-refractivity contribution in [1.82, 2.24) is 15.3 Å². The second kappa shape index (κ2) is 7.18. The Labute approximate surface area is 126 Å². The largest absolute Gasteiger partial charge is 0.508 e. The van der Waals surface area contributed by atoms with Crippen LogP contribution in [0.4, 0.5) is 0 Å². The molecule has 1 aromatic carbocycles. The Bertz CT molecular complexity index is 568. The first-order valence-corrected chi connectivity index (χ1v) is 7.52. The van der Waals surface area contributed by atoms with Gasteiger partial charge in [-0.05, 0) is 62.7 Å². The standard InChI is InChI=1S/C17H23N3O/c1-4-15-14(10-11-18-3)16(5-2)20-17(19-15)12-6-8-13(21)9-7-12/h6-9,18,21H,4-5,10-11H2,1-3H3. The normalized spacial score (nSPS) is 10.8. The van der Waals surface area contributed by atoms with Crippen molar-refractivity contribution in [3.05, 3.63) is 41.2 Å². The zero-order chi connectivity index (χ0) is 15.2. The van der Waals surface area contributed by atoms with Crippen LogP contribution in [0.15, 0.2) is 24.3 Å². The van der Waals surface area contributed by atoms with Gasteiger partial charge >= 0.3 is 0 Å². The summed E-state index contributed by atoms with van der Waals surface area (Å²) in [6.45, 7) is 5.19. The minimum absolute atomic E-state index is 0.260. The number of aromatic nitrogens is 2. The molecular formula is C17H23N3O. The summed E-state index contributed by atoms with van der Waals surface area (Å²) in [5.74, 6) is 1.01. The molecule has 21 heavy (non-hydrogen) atoms. The van der Waals surface area contributed by atoms with E-state index in [0.717, 1.165) is 48.6 Å². The molecule has 0 aliphatic carbocycles. The number of nitrogens with one attached hydrogen (secondary N) is 1. The maximum Gasteiger partial charge on any atom is 0.159 e. The number of aryl methyl sites for hydroxylation is 2. The smallest absolute Gasteiger partial charge is 0.159 e. The molecule has 2 aromatic rings. The molecule has 1 aromatic heterocycles. The lowest BCUT2D eigenvalue weighted by Gasteiger charge is -2.14. The fourth-order valence-electron chi connectivity index (χ4n) is 2.45. The quantitative estimate of drug-likeness (QED) is 0.857. The maximum absolute atomic E-state index is 9.40. The Balaban J connectivity index is 2.46. The third-order valence-electron chi connectivity index (χ3n) is 3.60. The summed E-state index contributed by atoms with van der Waals surface area (Å²) in [6, 6.07) is 7.06. The zero-order valence-corrected chi connectivity index (χ0v) is 13.0. The van der Waals surface area contributed by atoms with Crippen molar-refractivity contribution in [3.8, 4) is 17.1 Å². The van der Waals surface area contributed by atoms with Crippen molar-refractivity contribution in [3.63, 3.8) is 0 Å². The van der Waals surface area contributed by atoms with E-state index in [-0.39, 0.29) is 5.75 Å². The highest BCUT2D eigenvalue weighted by atomic mass is 16.3. The molecule has 112 valence electrons. The summed E-state index contributed by atoms with van der Waals surface area (Å²) >= 11 is 0. The zero-order valence-electron chi connectivity index (χ0n) is 13.0. The lowest BCUT2D eigenvalue weighted by atomic mass is 10.0. The molecule has 0 bridgehead atoms. The van der Waals surface area contributed by atoms with Gasteiger partial charge < -0.3 is 10.4 Å². The van der Waals surface area contributed by atoms with E-state index in [2.05, 4.69) is 19.2 Å². The Morgan fingerprint density at radius 3 is 2.05 bits per heavy atom. The lowest BCUT2D eigenvalue weighted by molar-refractivity contribution is 0.475. The van der Waals surface area contributed by atoms with Crippen molar-refractivity contribution in [1.29, 1.82) is 0 Å². The Kier molecular flexibility index (Phi) is 5.28. The molecule has 0 amide bonds. The maximum atomic E-state index is 9.40. The number of hydrogen-bond donors (Lipinski definition) is 2. The van der Waals surface area contributed by atoms with Crippen LogP contribution in [0, 0.1) is 0 Å². The van der Waals surface area contributed by atoms with Crippen molar-refractivity contribution in [2.24, 2.45) is 0 Å². The molecule has 0 saturated carbocycles. The van der Waals surface area contributed by atoms with E-state index in [9.17, 15) is 5.11 Å². The summed E-state index contributed by atoms with van der Waals surface area (Å²) in [5.41, 5.74) is 4.47. The van der Waals surface area contributed by atoms with Crippen molar-refractivity contribution in [2.45, 2.75) is 33.1 Å². The molecule has 0 unspecified atom stereocenters. The van der Waals surface area contributed by atoms with Crippen LogP contribution in [0.25, 0.3) is 11.4 Å². The molecular weight excluding hydrogens is 262 g/mol. The summed E-state index contributed by atoms with van der Waals surface area (Å²) in [6.07, 6.45) is 2.76. The van der Waals surface area contributed by atoms with Crippen molar-refractivity contribution in [2.75, 3.05) is 13.6 Å². The van der Waals surface area contributed by atoms with E-state index in [1.165, 1.54) is 5.56 Å². The van der Waals surface area contributed by atoms with E-state index < -0.39 is 0 Å². The van der Waals surface area contributed by atoms with Gasteiger partial charge in [-0.25, -0.2) is 9.97 Å². The number of phenolic OH excluding ortho intramolecular Hbond substituents is 1. The molecule has 0 aliphatic rings. The first-order valence-electron chi connectivity index (χ1n) is 7.52. The molecule has 2 N–H and O–H groups in total. The fourth-order valence-corrected chi connectivity index (χ4v) is 2.45. The van der Waals surface area contributed by atoms with E-state index in [1.54, 1.807) is 12.1 Å². The summed E-state index contributed by atoms with van der Waals surface area (Å²) in [4.78, 5) is 9.46. The first-order chi connectivity index (χ1) is 10.2. The van der Waals surface area contributed by atoms with Crippen LogP contribution in [0.2, 0.25) is 0 Å². The van der Waals surface area contributed by atoms with E-state index in [4.69, 9.17) is 9.97 Å². The molecule has 1 heterocycles. The van der Waals surface area contributed by atoms with E-state index in [1.807, 2.05) is 19.2 Å². The minimum Gasteiger partial charge on any atom is -0.508 e. The average molecular weight is 285 g/mol. The van der Waals surface area contributed by atoms with Gasteiger partial charge in [-0.1, -0.05) is 13.8 Å². The highest BCUT2D eigenvalue weighted by molar-refractivity contribution is 5.57. The SMILES string of the molecule is CCc1nc(-c2ccc(O)cc2)nc(CC)c1CCNC. The van der Waals surface area contributed by atoms with Gasteiger partial charge in [0.25, 0.3) is 0 Å². The number of nitrogens with zero attached hydrogens (tertiary/aromatic N) is 2. The Hall–Kier alpha value is -1.94. The predicted octanol–water partition coefficient (Wildman–Crippen LogP) is 2.74. The number of likely N-dealkylation sites (N-methyl/N-ethyl adjacent to an activating group) is 1. The van der Waals surface area contributed by atoms with Gasteiger partial charge in [0.1, 0.15) is 5.75 Å². The molecule has 0 radical (unpaired) electrons. The highest BCUT2D eigenvalue weighted by Crippen LogP contribution is 2.22. The molecule has 4 nitrogen and oxygen atoms in total. The molecule has 0 saturated heterocycles. The van der Waals surface area contributed by atoms with Crippen LogP contribution in [-0.2, 0) is 19.3 Å². The summed E-state index contributed by atoms with van der Waals surface area (Å²) in [5, 5.41) is 12.6.